The minimum absolute atomic E-state index is 0.0690. The number of amides is 3. The molecule has 0 aromatic carbocycles. The van der Waals surface area contributed by atoms with E-state index < -0.39 is 30.9 Å². The van der Waals surface area contributed by atoms with Crippen LogP contribution in [-0.4, -0.2) is 77.8 Å². The molecule has 2 heterocycles. The fraction of sp³-hybridized carbons (Fsp3) is 0.800. The molecular formula is C15H26N4O7. The first-order valence-corrected chi connectivity index (χ1v) is 8.51. The Labute approximate surface area is 151 Å². The van der Waals surface area contributed by atoms with Gasteiger partial charge in [0, 0.05) is 18.9 Å². The summed E-state index contributed by atoms with van der Waals surface area (Å²) < 4.78 is 15.9. The minimum atomic E-state index is -1.44. The second-order valence-electron chi connectivity index (χ2n) is 6.18. The predicted molar refractivity (Wildman–Crippen MR) is 88.5 cm³/mol. The van der Waals surface area contributed by atoms with Crippen molar-refractivity contribution >= 4 is 17.9 Å². The number of carbonyl (C=O) groups excluding carboxylic acids is 2. The molecule has 11 heteroatoms. The predicted octanol–water partition coefficient (Wildman–Crippen LogP) is -1.10. The molecule has 0 bridgehead atoms. The number of aliphatic hydroxyl groups is 2. The highest BCUT2D eigenvalue weighted by molar-refractivity contribution is 6.03. The molecular weight excluding hydrogens is 348 g/mol. The molecule has 2 aliphatic heterocycles. The number of guanidine groups is 1. The van der Waals surface area contributed by atoms with Gasteiger partial charge in [-0.15, -0.1) is 0 Å². The minimum Gasteiger partial charge on any atom is -0.394 e. The molecule has 0 saturated carbocycles. The van der Waals surface area contributed by atoms with Gasteiger partial charge in [-0.1, -0.05) is 13.8 Å². The molecule has 11 nitrogen and oxygen atoms in total. The van der Waals surface area contributed by atoms with Gasteiger partial charge in [0.15, 0.2) is 0 Å². The molecule has 4 N–H and O–H groups in total. The Morgan fingerprint density at radius 2 is 2.27 bits per heavy atom. The van der Waals surface area contributed by atoms with Crippen LogP contribution in [0.4, 0.5) is 4.79 Å². The Balaban J connectivity index is 1.96. The van der Waals surface area contributed by atoms with E-state index in [2.05, 4.69) is 15.6 Å². The third-order valence-electron chi connectivity index (χ3n) is 3.94. The number of ether oxygens (including phenoxy) is 3. The molecule has 0 aromatic rings. The van der Waals surface area contributed by atoms with Gasteiger partial charge in [-0.3, -0.25) is 15.0 Å². The maximum Gasteiger partial charge on any atom is 0.350 e. The van der Waals surface area contributed by atoms with E-state index in [-0.39, 0.29) is 44.1 Å². The second kappa shape index (κ2) is 9.24. The van der Waals surface area contributed by atoms with E-state index in [1.54, 1.807) is 20.8 Å². The molecule has 2 unspecified atom stereocenters. The number of aliphatic hydroxyl groups excluding tert-OH is 2. The Hall–Kier alpha value is -1.79. The van der Waals surface area contributed by atoms with Crippen molar-refractivity contribution in [2.24, 2.45) is 10.9 Å². The highest BCUT2D eigenvalue weighted by Gasteiger charge is 2.42. The molecule has 3 amide bonds. The van der Waals surface area contributed by atoms with Crippen molar-refractivity contribution in [2.45, 2.75) is 52.1 Å². The van der Waals surface area contributed by atoms with Crippen LogP contribution in [0, 0.1) is 5.92 Å². The lowest BCUT2D eigenvalue weighted by Gasteiger charge is -2.31. The quantitative estimate of drug-likeness (QED) is 0.412. The van der Waals surface area contributed by atoms with Crippen molar-refractivity contribution in [1.82, 2.24) is 15.5 Å². The molecule has 0 spiro atoms. The van der Waals surface area contributed by atoms with Gasteiger partial charge in [-0.25, -0.2) is 4.79 Å². The average Bonchev–Trinajstić information content (AvgIpc) is 2.97. The summed E-state index contributed by atoms with van der Waals surface area (Å²) in [5.74, 6) is -0.416. The van der Waals surface area contributed by atoms with E-state index in [0.717, 1.165) is 0 Å². The smallest absolute Gasteiger partial charge is 0.350 e. The van der Waals surface area contributed by atoms with Crippen molar-refractivity contribution in [3.8, 4) is 0 Å². The highest BCUT2D eigenvalue weighted by atomic mass is 16.8. The summed E-state index contributed by atoms with van der Waals surface area (Å²) in [6.45, 7) is 3.71. The van der Waals surface area contributed by atoms with Gasteiger partial charge < -0.3 is 29.7 Å². The molecule has 1 saturated heterocycles. The number of urea groups is 1. The molecule has 4 atom stereocenters. The number of aliphatic imine (C=N–C) groups is 1. The first-order chi connectivity index (χ1) is 12.3. The van der Waals surface area contributed by atoms with Crippen molar-refractivity contribution < 1.29 is 34.0 Å². The standard InChI is InChI=1S/C15H26N4O7/c1-4-24-15(23)26-9-5-11(25-10(9)6-20)19-7-16-13(18-14(19)22)17-12(21)8(2)3/h8-11,15,20,23H,4-7H2,1-3H3,(H2,16,17,18,21,22)/t9?,10-,11-,15?/m1/s1. The SMILES string of the molecule is CCOC(O)OC1C[C@H](N2CNC(NC(=O)C(C)C)=NC2=O)O[C@@H]1CO. The summed E-state index contributed by atoms with van der Waals surface area (Å²) >= 11 is 0. The van der Waals surface area contributed by atoms with Crippen LogP contribution in [0.1, 0.15) is 27.2 Å². The number of nitrogens with one attached hydrogen (secondary N) is 2. The fourth-order valence-corrected chi connectivity index (χ4v) is 2.52. The normalized spacial score (nSPS) is 27.3. The zero-order valence-electron chi connectivity index (χ0n) is 15.0. The van der Waals surface area contributed by atoms with Crippen LogP contribution in [0.2, 0.25) is 0 Å². The van der Waals surface area contributed by atoms with E-state index in [1.807, 2.05) is 0 Å². The summed E-state index contributed by atoms with van der Waals surface area (Å²) in [7, 11) is 0. The third-order valence-corrected chi connectivity index (χ3v) is 3.94. The first-order valence-electron chi connectivity index (χ1n) is 8.51. The highest BCUT2D eigenvalue weighted by Crippen LogP contribution is 2.27. The maximum absolute atomic E-state index is 12.3. The van der Waals surface area contributed by atoms with E-state index in [0.29, 0.717) is 0 Å². The van der Waals surface area contributed by atoms with Gasteiger partial charge in [0.2, 0.25) is 11.9 Å². The number of nitrogens with zero attached hydrogens (tertiary/aromatic N) is 2. The number of carbonyl (C=O) groups is 2. The van der Waals surface area contributed by atoms with Gasteiger partial charge in [-0.05, 0) is 6.92 Å². The van der Waals surface area contributed by atoms with Crippen LogP contribution in [0.3, 0.4) is 0 Å². The number of hydrogen-bond acceptors (Lipinski definition) is 8. The Bertz CT molecular complexity index is 542. The lowest BCUT2D eigenvalue weighted by molar-refractivity contribution is -0.285. The summed E-state index contributed by atoms with van der Waals surface area (Å²) in [6, 6.07) is -0.587. The van der Waals surface area contributed by atoms with Gasteiger partial charge >= 0.3 is 6.03 Å². The summed E-state index contributed by atoms with van der Waals surface area (Å²) in [5.41, 5.74) is 0. The maximum atomic E-state index is 12.3. The van der Waals surface area contributed by atoms with Crippen molar-refractivity contribution in [1.29, 1.82) is 0 Å². The second-order valence-corrected chi connectivity index (χ2v) is 6.18. The van der Waals surface area contributed by atoms with Crippen LogP contribution in [0.25, 0.3) is 0 Å². The zero-order valence-corrected chi connectivity index (χ0v) is 15.0. The van der Waals surface area contributed by atoms with E-state index in [9.17, 15) is 19.8 Å². The van der Waals surface area contributed by atoms with Crippen LogP contribution in [0.5, 0.6) is 0 Å². The molecule has 1 fully saturated rings. The van der Waals surface area contributed by atoms with Crippen LogP contribution in [-0.2, 0) is 19.0 Å². The van der Waals surface area contributed by atoms with E-state index in [1.165, 1.54) is 4.90 Å². The van der Waals surface area contributed by atoms with Gasteiger partial charge in [0.05, 0.1) is 19.4 Å². The van der Waals surface area contributed by atoms with Crippen LogP contribution >= 0.6 is 0 Å². The van der Waals surface area contributed by atoms with Gasteiger partial charge in [-0.2, -0.15) is 4.99 Å². The Morgan fingerprint density at radius 1 is 1.54 bits per heavy atom. The third kappa shape index (κ3) is 5.11. The lowest BCUT2D eigenvalue weighted by Crippen LogP contribution is -2.55. The van der Waals surface area contributed by atoms with E-state index in [4.69, 9.17) is 14.2 Å². The number of rotatable bonds is 7. The van der Waals surface area contributed by atoms with Crippen molar-refractivity contribution in [2.75, 3.05) is 19.9 Å². The Kier molecular flexibility index (Phi) is 7.29. The summed E-state index contributed by atoms with van der Waals surface area (Å²) in [5, 5.41) is 24.4. The van der Waals surface area contributed by atoms with Crippen LogP contribution in [0.15, 0.2) is 4.99 Å². The average molecular weight is 374 g/mol. The molecule has 2 rings (SSSR count). The number of hydrogen-bond donors (Lipinski definition) is 4. The molecule has 0 aromatic heterocycles. The van der Waals surface area contributed by atoms with Crippen molar-refractivity contribution in [3.63, 3.8) is 0 Å². The lowest BCUT2D eigenvalue weighted by atomic mass is 10.2. The fourth-order valence-electron chi connectivity index (χ4n) is 2.52. The van der Waals surface area contributed by atoms with E-state index >= 15 is 0 Å². The monoisotopic (exact) mass is 374 g/mol. The van der Waals surface area contributed by atoms with Gasteiger partial charge in [0.25, 0.3) is 6.48 Å². The topological polar surface area (TPSA) is 142 Å². The molecule has 148 valence electrons. The summed E-state index contributed by atoms with van der Waals surface area (Å²) in [4.78, 5) is 29.0. The molecule has 2 aliphatic rings. The summed E-state index contributed by atoms with van der Waals surface area (Å²) in [6.07, 6.45) is -1.83. The Morgan fingerprint density at radius 3 is 2.85 bits per heavy atom. The van der Waals surface area contributed by atoms with Crippen LogP contribution < -0.4 is 10.6 Å². The zero-order chi connectivity index (χ0) is 19.3. The molecule has 0 radical (unpaired) electrons. The largest absolute Gasteiger partial charge is 0.394 e. The first kappa shape index (κ1) is 20.5. The van der Waals surface area contributed by atoms with Crippen molar-refractivity contribution in [3.05, 3.63) is 0 Å². The molecule has 0 aliphatic carbocycles. The van der Waals surface area contributed by atoms with Gasteiger partial charge in [0.1, 0.15) is 12.3 Å². The molecule has 26 heavy (non-hydrogen) atoms.